The van der Waals surface area contributed by atoms with Crippen LogP contribution in [0.5, 0.6) is 11.5 Å². The van der Waals surface area contributed by atoms with Crippen molar-refractivity contribution in [3.05, 3.63) is 63.3 Å². The zero-order valence-electron chi connectivity index (χ0n) is 18.1. The molecule has 0 saturated carbocycles. The summed E-state index contributed by atoms with van der Waals surface area (Å²) in [4.78, 5) is 37.6. The molecule has 0 aromatic heterocycles. The van der Waals surface area contributed by atoms with Gasteiger partial charge in [-0.05, 0) is 67.1 Å². The summed E-state index contributed by atoms with van der Waals surface area (Å²) >= 11 is 7.08. The van der Waals surface area contributed by atoms with Crippen molar-refractivity contribution in [2.24, 2.45) is 0 Å². The minimum atomic E-state index is -0.668. The molecule has 0 spiro atoms. The maximum atomic E-state index is 13.4. The number of rotatable bonds is 8. The summed E-state index contributed by atoms with van der Waals surface area (Å²) < 4.78 is 29.5. The number of carbonyl (C=O) groups excluding carboxylic acids is 3. The molecule has 1 aliphatic rings. The summed E-state index contributed by atoms with van der Waals surface area (Å²) in [5, 5.41) is -0.364. The SMILES string of the molecule is COc1cc(/C=C2/SC(=O)N(CC(=O)OC(C)C)C2=O)cc(Cl)c1OCc1cccc(F)c1. The maximum Gasteiger partial charge on any atom is 0.326 e. The largest absolute Gasteiger partial charge is 0.493 e. The molecule has 7 nitrogen and oxygen atoms in total. The average Bonchev–Trinajstić information content (AvgIpc) is 2.99. The fourth-order valence-electron chi connectivity index (χ4n) is 2.96. The molecule has 1 heterocycles. The maximum absolute atomic E-state index is 13.4. The number of thioether (sulfide) groups is 1. The Kier molecular flexibility index (Phi) is 7.99. The van der Waals surface area contributed by atoms with Gasteiger partial charge in [-0.25, -0.2) is 4.39 Å². The van der Waals surface area contributed by atoms with E-state index in [1.165, 1.54) is 25.3 Å². The Balaban J connectivity index is 1.78. The molecule has 0 atom stereocenters. The molecular weight excluding hydrogens is 473 g/mol. The van der Waals surface area contributed by atoms with Gasteiger partial charge in [-0.1, -0.05) is 23.7 Å². The van der Waals surface area contributed by atoms with Crippen molar-refractivity contribution in [2.45, 2.75) is 26.6 Å². The summed E-state index contributed by atoms with van der Waals surface area (Å²) in [7, 11) is 1.43. The summed E-state index contributed by atoms with van der Waals surface area (Å²) in [5.41, 5.74) is 1.10. The standard InChI is InChI=1S/C23H21ClFNO6S/c1-13(2)32-20(27)11-26-22(28)19(33-23(26)29)10-15-8-17(24)21(18(9-15)30-3)31-12-14-5-4-6-16(25)7-14/h4-10,13H,11-12H2,1-3H3/b19-10+. The first-order valence-electron chi connectivity index (χ1n) is 9.87. The van der Waals surface area contributed by atoms with Gasteiger partial charge in [0.05, 0.1) is 23.1 Å². The van der Waals surface area contributed by atoms with Crippen molar-refractivity contribution in [2.75, 3.05) is 13.7 Å². The molecule has 0 bridgehead atoms. The second kappa shape index (κ2) is 10.7. The number of esters is 1. The first-order valence-corrected chi connectivity index (χ1v) is 11.1. The van der Waals surface area contributed by atoms with Crippen LogP contribution in [0.1, 0.15) is 25.0 Å². The van der Waals surface area contributed by atoms with Crippen LogP contribution in [0.25, 0.3) is 6.08 Å². The Bertz CT molecular complexity index is 1120. The number of benzene rings is 2. The molecule has 0 aliphatic carbocycles. The number of hydrogen-bond donors (Lipinski definition) is 0. The normalized spacial score (nSPS) is 14.8. The van der Waals surface area contributed by atoms with E-state index in [0.717, 1.165) is 4.90 Å². The Morgan fingerprint density at radius 1 is 1.24 bits per heavy atom. The molecule has 3 rings (SSSR count). The topological polar surface area (TPSA) is 82.1 Å². The highest BCUT2D eigenvalue weighted by molar-refractivity contribution is 8.18. The van der Waals surface area contributed by atoms with Crippen LogP contribution in [-0.4, -0.2) is 41.8 Å². The summed E-state index contributed by atoms with van der Waals surface area (Å²) in [6.07, 6.45) is 1.12. The van der Waals surface area contributed by atoms with Gasteiger partial charge in [0.25, 0.3) is 11.1 Å². The summed E-state index contributed by atoms with van der Waals surface area (Å²) in [6, 6.07) is 9.11. The Morgan fingerprint density at radius 3 is 2.67 bits per heavy atom. The van der Waals surface area contributed by atoms with E-state index in [4.69, 9.17) is 25.8 Å². The van der Waals surface area contributed by atoms with Gasteiger partial charge in [0.15, 0.2) is 11.5 Å². The minimum Gasteiger partial charge on any atom is -0.493 e. The molecule has 1 aliphatic heterocycles. The quantitative estimate of drug-likeness (QED) is 0.375. The van der Waals surface area contributed by atoms with Crippen molar-refractivity contribution in [1.29, 1.82) is 0 Å². The van der Waals surface area contributed by atoms with Gasteiger partial charge in [-0.3, -0.25) is 19.3 Å². The van der Waals surface area contributed by atoms with Crippen molar-refractivity contribution in [3.63, 3.8) is 0 Å². The van der Waals surface area contributed by atoms with Gasteiger partial charge in [0.1, 0.15) is 19.0 Å². The molecule has 0 unspecified atom stereocenters. The second-order valence-electron chi connectivity index (χ2n) is 7.26. The highest BCUT2D eigenvalue weighted by atomic mass is 35.5. The van der Waals surface area contributed by atoms with E-state index < -0.39 is 23.7 Å². The third kappa shape index (κ3) is 6.27. The zero-order valence-corrected chi connectivity index (χ0v) is 19.7. The molecule has 33 heavy (non-hydrogen) atoms. The Morgan fingerprint density at radius 2 is 2.00 bits per heavy atom. The van der Waals surface area contributed by atoms with E-state index in [2.05, 4.69) is 0 Å². The molecule has 174 valence electrons. The van der Waals surface area contributed by atoms with Crippen LogP contribution in [0.4, 0.5) is 9.18 Å². The molecule has 1 fully saturated rings. The van der Waals surface area contributed by atoms with Gasteiger partial charge in [-0.2, -0.15) is 0 Å². The van der Waals surface area contributed by atoms with Gasteiger partial charge >= 0.3 is 5.97 Å². The highest BCUT2D eigenvalue weighted by Crippen LogP contribution is 2.39. The van der Waals surface area contributed by atoms with E-state index in [1.807, 2.05) is 0 Å². The molecule has 2 amide bonds. The number of nitrogens with zero attached hydrogens (tertiary/aromatic N) is 1. The lowest BCUT2D eigenvalue weighted by Crippen LogP contribution is -2.35. The Hall–Kier alpha value is -3.04. The fourth-order valence-corrected chi connectivity index (χ4v) is 4.07. The van der Waals surface area contributed by atoms with Crippen LogP contribution in [-0.2, 0) is 20.9 Å². The smallest absolute Gasteiger partial charge is 0.326 e. The molecule has 10 heteroatoms. The van der Waals surface area contributed by atoms with Crippen LogP contribution < -0.4 is 9.47 Å². The number of carbonyl (C=O) groups is 3. The fraction of sp³-hybridized carbons (Fsp3) is 0.261. The third-order valence-corrected chi connectivity index (χ3v) is 5.54. The first-order chi connectivity index (χ1) is 15.7. The lowest BCUT2D eigenvalue weighted by atomic mass is 10.1. The lowest BCUT2D eigenvalue weighted by molar-refractivity contribution is -0.149. The minimum absolute atomic E-state index is 0.0680. The van der Waals surface area contributed by atoms with Gasteiger partial charge < -0.3 is 14.2 Å². The van der Waals surface area contributed by atoms with E-state index in [9.17, 15) is 18.8 Å². The van der Waals surface area contributed by atoms with Crippen LogP contribution >= 0.6 is 23.4 Å². The van der Waals surface area contributed by atoms with Crippen molar-refractivity contribution >= 4 is 46.6 Å². The molecule has 2 aromatic rings. The first kappa shape index (κ1) is 24.6. The van der Waals surface area contributed by atoms with Crippen LogP contribution in [0.15, 0.2) is 41.3 Å². The number of hydrogen-bond acceptors (Lipinski definition) is 7. The van der Waals surface area contributed by atoms with Gasteiger partial charge in [-0.15, -0.1) is 0 Å². The zero-order chi connectivity index (χ0) is 24.1. The molecule has 0 radical (unpaired) electrons. The lowest BCUT2D eigenvalue weighted by Gasteiger charge is -2.14. The molecular formula is C23H21ClFNO6S. The van der Waals surface area contributed by atoms with E-state index >= 15 is 0 Å². The van der Waals surface area contributed by atoms with Crippen molar-refractivity contribution < 1.29 is 33.0 Å². The van der Waals surface area contributed by atoms with Crippen LogP contribution in [0, 0.1) is 5.82 Å². The monoisotopic (exact) mass is 493 g/mol. The van der Waals surface area contributed by atoms with E-state index in [1.54, 1.807) is 38.1 Å². The van der Waals surface area contributed by atoms with E-state index in [0.29, 0.717) is 28.6 Å². The highest BCUT2D eigenvalue weighted by Gasteiger charge is 2.36. The number of imide groups is 1. The predicted octanol–water partition coefficient (Wildman–Crippen LogP) is 5.05. The average molecular weight is 494 g/mol. The summed E-state index contributed by atoms with van der Waals surface area (Å²) in [5.74, 6) is -1.10. The van der Waals surface area contributed by atoms with Crippen molar-refractivity contribution in [3.8, 4) is 11.5 Å². The second-order valence-corrected chi connectivity index (χ2v) is 8.66. The number of methoxy groups -OCH3 is 1. The molecule has 0 N–H and O–H groups in total. The number of ether oxygens (including phenoxy) is 3. The third-order valence-electron chi connectivity index (χ3n) is 4.35. The molecule has 2 aromatic carbocycles. The summed E-state index contributed by atoms with van der Waals surface area (Å²) in [6.45, 7) is 2.96. The molecule has 1 saturated heterocycles. The van der Waals surface area contributed by atoms with Gasteiger partial charge in [0, 0.05) is 0 Å². The number of halogens is 2. The van der Waals surface area contributed by atoms with Gasteiger partial charge in [0.2, 0.25) is 0 Å². The number of amides is 2. The van der Waals surface area contributed by atoms with Crippen molar-refractivity contribution in [1.82, 2.24) is 4.90 Å². The van der Waals surface area contributed by atoms with Crippen LogP contribution in [0.3, 0.4) is 0 Å². The van der Waals surface area contributed by atoms with E-state index in [-0.39, 0.29) is 34.2 Å². The van der Waals surface area contributed by atoms with Crippen LogP contribution in [0.2, 0.25) is 5.02 Å². The predicted molar refractivity (Wildman–Crippen MR) is 123 cm³/mol. The Labute approximate surface area is 199 Å².